The smallest absolute Gasteiger partial charge is 0.253 e. The number of nitrogens with one attached hydrogen (secondary N) is 3. The molecule has 0 unspecified atom stereocenters. The molecule has 0 aliphatic heterocycles. The van der Waals surface area contributed by atoms with Crippen LogP contribution in [0.5, 0.6) is 0 Å². The van der Waals surface area contributed by atoms with Crippen LogP contribution in [-0.2, 0) is 4.79 Å². The summed E-state index contributed by atoms with van der Waals surface area (Å²) in [6.07, 6.45) is 5.43. The largest absolute Gasteiger partial charge is 0.360 e. The molecule has 3 N–H and O–H groups in total. The minimum Gasteiger partial charge on any atom is -0.360 e. The molecule has 180 valence electrons. The molecular formula is C28H26N6O2. The van der Waals surface area contributed by atoms with Crippen molar-refractivity contribution in [3.63, 3.8) is 0 Å². The number of aromatic nitrogens is 4. The lowest BCUT2D eigenvalue weighted by Gasteiger charge is -2.14. The second kappa shape index (κ2) is 8.64. The highest BCUT2D eigenvalue weighted by atomic mass is 16.2. The molecule has 2 aromatic carbocycles. The summed E-state index contributed by atoms with van der Waals surface area (Å²) < 4.78 is 1.65. The van der Waals surface area contributed by atoms with E-state index in [0.717, 1.165) is 46.0 Å². The van der Waals surface area contributed by atoms with E-state index in [0.29, 0.717) is 17.2 Å². The van der Waals surface area contributed by atoms with Crippen LogP contribution in [-0.4, -0.2) is 31.4 Å². The van der Waals surface area contributed by atoms with Gasteiger partial charge in [-0.15, -0.1) is 5.10 Å². The van der Waals surface area contributed by atoms with Crippen molar-refractivity contribution in [3.8, 4) is 11.1 Å². The van der Waals surface area contributed by atoms with E-state index in [1.54, 1.807) is 10.7 Å². The fourth-order valence-corrected chi connectivity index (χ4v) is 4.46. The van der Waals surface area contributed by atoms with E-state index < -0.39 is 0 Å². The van der Waals surface area contributed by atoms with Gasteiger partial charge in [-0.1, -0.05) is 35.9 Å². The Bertz CT molecular complexity index is 1630. The number of aromatic amines is 1. The van der Waals surface area contributed by atoms with Gasteiger partial charge in [0.1, 0.15) is 0 Å². The van der Waals surface area contributed by atoms with Crippen molar-refractivity contribution in [3.05, 3.63) is 83.7 Å². The summed E-state index contributed by atoms with van der Waals surface area (Å²) in [6.45, 7) is 4.03. The Balaban J connectivity index is 1.27. The number of carbonyl (C=O) groups is 2. The van der Waals surface area contributed by atoms with E-state index in [-0.39, 0.29) is 23.8 Å². The molecule has 2 amide bonds. The first-order valence-electron chi connectivity index (χ1n) is 12.1. The Morgan fingerprint density at radius 2 is 1.92 bits per heavy atom. The Kier molecular flexibility index (Phi) is 5.29. The molecule has 36 heavy (non-hydrogen) atoms. The zero-order valence-electron chi connectivity index (χ0n) is 20.1. The number of rotatable bonds is 6. The number of benzene rings is 2. The number of amides is 2. The summed E-state index contributed by atoms with van der Waals surface area (Å²) >= 11 is 0. The van der Waals surface area contributed by atoms with Gasteiger partial charge in [-0.25, -0.2) is 4.52 Å². The van der Waals surface area contributed by atoms with Gasteiger partial charge in [0.2, 0.25) is 11.9 Å². The highest BCUT2D eigenvalue weighted by Crippen LogP contribution is 2.30. The standard InChI is InChI=1S/C28H26N6O2/c1-16-4-3-5-19(12-16)17(2)30-27(36)23-15-29-24-9-8-20(13-22(23)24)21-10-11-34-25(14-21)31-28(33-34)32-26(35)18-6-7-18/h3-5,8-15,17-18,29H,6-7H2,1-2H3,(H,30,36)(H,32,33,35)/t17-/m0/s1. The molecule has 0 spiro atoms. The topological polar surface area (TPSA) is 104 Å². The summed E-state index contributed by atoms with van der Waals surface area (Å²) in [5, 5.41) is 11.1. The molecule has 3 heterocycles. The first-order chi connectivity index (χ1) is 17.4. The molecule has 8 nitrogen and oxygen atoms in total. The Morgan fingerprint density at radius 1 is 1.08 bits per heavy atom. The van der Waals surface area contributed by atoms with Crippen molar-refractivity contribution < 1.29 is 9.59 Å². The van der Waals surface area contributed by atoms with Gasteiger partial charge in [-0.05, 0) is 67.6 Å². The van der Waals surface area contributed by atoms with Crippen LogP contribution in [0.2, 0.25) is 0 Å². The molecule has 1 aliphatic carbocycles. The van der Waals surface area contributed by atoms with Gasteiger partial charge in [-0.3, -0.25) is 14.9 Å². The molecule has 5 aromatic rings. The summed E-state index contributed by atoms with van der Waals surface area (Å²) in [4.78, 5) is 32.9. The summed E-state index contributed by atoms with van der Waals surface area (Å²) in [5.41, 5.74) is 6.25. The zero-order chi connectivity index (χ0) is 24.8. The minimum atomic E-state index is -0.128. The molecule has 3 aromatic heterocycles. The van der Waals surface area contributed by atoms with Gasteiger partial charge in [0.15, 0.2) is 5.65 Å². The summed E-state index contributed by atoms with van der Waals surface area (Å²) in [7, 11) is 0. The number of H-pyrrole nitrogens is 1. The highest BCUT2D eigenvalue weighted by Gasteiger charge is 2.30. The maximum Gasteiger partial charge on any atom is 0.253 e. The van der Waals surface area contributed by atoms with E-state index in [1.165, 1.54) is 0 Å². The average Bonchev–Trinajstić information content (AvgIpc) is 3.52. The van der Waals surface area contributed by atoms with Gasteiger partial charge in [0.25, 0.3) is 5.91 Å². The molecule has 0 radical (unpaired) electrons. The molecule has 6 rings (SSSR count). The lowest BCUT2D eigenvalue weighted by molar-refractivity contribution is -0.117. The van der Waals surface area contributed by atoms with Crippen LogP contribution in [0.3, 0.4) is 0 Å². The Labute approximate surface area is 207 Å². The van der Waals surface area contributed by atoms with Crippen LogP contribution in [0.15, 0.2) is 67.0 Å². The Hall–Kier alpha value is -4.46. The van der Waals surface area contributed by atoms with Gasteiger partial charge in [0, 0.05) is 29.2 Å². The van der Waals surface area contributed by atoms with Crippen molar-refractivity contribution in [2.24, 2.45) is 5.92 Å². The van der Waals surface area contributed by atoms with Gasteiger partial charge < -0.3 is 10.3 Å². The average molecular weight is 479 g/mol. The molecule has 1 saturated carbocycles. The first kappa shape index (κ1) is 22.0. The third-order valence-electron chi connectivity index (χ3n) is 6.67. The SMILES string of the molecule is Cc1cccc([C@H](C)NC(=O)c2c[nH]c3ccc(-c4ccn5nc(NC(=O)C6CC6)nc5c4)cc23)c1. The molecule has 1 fully saturated rings. The number of fused-ring (bicyclic) bond motifs is 2. The summed E-state index contributed by atoms with van der Waals surface area (Å²) in [6, 6.07) is 17.9. The van der Waals surface area contributed by atoms with Gasteiger partial charge in [0.05, 0.1) is 11.6 Å². The Morgan fingerprint density at radius 3 is 2.72 bits per heavy atom. The van der Waals surface area contributed by atoms with Crippen LogP contribution in [0.25, 0.3) is 27.7 Å². The number of aryl methyl sites for hydroxylation is 1. The van der Waals surface area contributed by atoms with E-state index >= 15 is 0 Å². The lowest BCUT2D eigenvalue weighted by Crippen LogP contribution is -2.26. The van der Waals surface area contributed by atoms with E-state index in [1.807, 2.05) is 68.6 Å². The number of hydrogen-bond acceptors (Lipinski definition) is 4. The van der Waals surface area contributed by atoms with Crippen molar-refractivity contribution in [2.75, 3.05) is 5.32 Å². The second-order valence-corrected chi connectivity index (χ2v) is 9.49. The van der Waals surface area contributed by atoms with E-state index in [2.05, 4.69) is 31.8 Å². The minimum absolute atomic E-state index is 0.0217. The third-order valence-corrected chi connectivity index (χ3v) is 6.67. The lowest BCUT2D eigenvalue weighted by atomic mass is 10.0. The van der Waals surface area contributed by atoms with Crippen molar-refractivity contribution in [2.45, 2.75) is 32.7 Å². The van der Waals surface area contributed by atoms with E-state index in [4.69, 9.17) is 0 Å². The zero-order valence-corrected chi connectivity index (χ0v) is 20.1. The van der Waals surface area contributed by atoms with Gasteiger partial charge in [-0.2, -0.15) is 4.98 Å². The molecule has 1 atom stereocenters. The van der Waals surface area contributed by atoms with Crippen molar-refractivity contribution in [1.82, 2.24) is 24.9 Å². The van der Waals surface area contributed by atoms with Crippen LogP contribution in [0.4, 0.5) is 5.95 Å². The van der Waals surface area contributed by atoms with Crippen LogP contribution in [0.1, 0.15) is 47.3 Å². The number of nitrogens with zero attached hydrogens (tertiary/aromatic N) is 3. The quantitative estimate of drug-likeness (QED) is 0.319. The monoisotopic (exact) mass is 478 g/mol. The fraction of sp³-hybridized carbons (Fsp3) is 0.214. The summed E-state index contributed by atoms with van der Waals surface area (Å²) in [5.74, 6) is 0.251. The van der Waals surface area contributed by atoms with Crippen molar-refractivity contribution >= 4 is 34.3 Å². The maximum absolute atomic E-state index is 13.2. The fourth-order valence-electron chi connectivity index (χ4n) is 4.46. The predicted octanol–water partition coefficient (Wildman–Crippen LogP) is 5.03. The molecule has 1 aliphatic rings. The molecule has 0 bridgehead atoms. The third kappa shape index (κ3) is 4.22. The molecule has 0 saturated heterocycles. The highest BCUT2D eigenvalue weighted by molar-refractivity contribution is 6.07. The number of pyridine rings is 1. The predicted molar refractivity (Wildman–Crippen MR) is 139 cm³/mol. The normalized spacial score (nSPS) is 14.2. The molecule has 8 heteroatoms. The van der Waals surface area contributed by atoms with E-state index in [9.17, 15) is 9.59 Å². The van der Waals surface area contributed by atoms with Crippen molar-refractivity contribution in [1.29, 1.82) is 0 Å². The first-order valence-corrected chi connectivity index (χ1v) is 12.1. The molecular weight excluding hydrogens is 452 g/mol. The number of carbonyl (C=O) groups excluding carboxylic acids is 2. The second-order valence-electron chi connectivity index (χ2n) is 9.49. The van der Waals surface area contributed by atoms with Crippen LogP contribution >= 0.6 is 0 Å². The van der Waals surface area contributed by atoms with Gasteiger partial charge >= 0.3 is 0 Å². The maximum atomic E-state index is 13.2. The van der Waals surface area contributed by atoms with Crippen LogP contribution in [0, 0.1) is 12.8 Å². The van der Waals surface area contributed by atoms with Crippen LogP contribution < -0.4 is 10.6 Å². The number of anilines is 1. The number of hydrogen-bond donors (Lipinski definition) is 3.